The summed E-state index contributed by atoms with van der Waals surface area (Å²) in [6, 6.07) is -7.57. The van der Waals surface area contributed by atoms with Crippen molar-refractivity contribution in [2.24, 2.45) is 0 Å². The lowest BCUT2D eigenvalue weighted by atomic mass is 11.7. The molecule has 0 radical (unpaired) electrons. The van der Waals surface area contributed by atoms with Gasteiger partial charge in [0.25, 0.3) is 0 Å². The van der Waals surface area contributed by atoms with Gasteiger partial charge in [0.2, 0.25) is 0 Å². The fraction of sp³-hybridized carbons (Fsp3) is 1.00. The molecule has 0 saturated carbocycles. The van der Waals surface area contributed by atoms with E-state index in [1.54, 1.807) is 0 Å². The molecule has 0 atom stereocenters. The van der Waals surface area contributed by atoms with E-state index in [1.165, 1.54) is 0 Å². The molecule has 17 heavy (non-hydrogen) atoms. The second-order valence-electron chi connectivity index (χ2n) is 2.72. The first-order valence-corrected chi connectivity index (χ1v) is 18.9. The molecule has 0 aromatic carbocycles. The average molecular weight is 534 g/mol. The molecule has 0 aliphatic heterocycles. The highest BCUT2D eigenvalue weighted by Crippen LogP contribution is 2.61. The largest absolute Gasteiger partial charge is 0.376 e. The Morgan fingerprint density at radius 1 is 0.471 bits per heavy atom. The Labute approximate surface area is 159 Å². The second-order valence-corrected chi connectivity index (χ2v) is 32.7. The van der Waals surface area contributed by atoms with E-state index in [1.807, 2.05) is 0 Å². The van der Waals surface area contributed by atoms with Gasteiger partial charge in [0.05, 0.1) is 0 Å². The van der Waals surface area contributed by atoms with Gasteiger partial charge in [-0.05, 0) is 0 Å². The Bertz CT molecular complexity index is 255. The first-order valence-electron chi connectivity index (χ1n) is 3.27. The van der Waals surface area contributed by atoms with Gasteiger partial charge in [-0.15, -0.1) is 135 Å². The van der Waals surface area contributed by atoms with Crippen LogP contribution in [0.15, 0.2) is 0 Å². The van der Waals surface area contributed by atoms with Crippen LogP contribution in [-0.4, -0.2) is 25.9 Å². The molecule has 104 valence electrons. The number of halogens is 12. The van der Waals surface area contributed by atoms with Crippen LogP contribution in [0.1, 0.15) is 0 Å². The van der Waals surface area contributed by atoms with E-state index in [2.05, 4.69) is 0 Å². The first-order chi connectivity index (χ1) is 7.00. The van der Waals surface area contributed by atoms with Crippen LogP contribution in [-0.2, 0) is 0 Å². The Hall–Kier alpha value is 4.13. The summed E-state index contributed by atoms with van der Waals surface area (Å²) in [5, 5.41) is 0. The summed E-state index contributed by atoms with van der Waals surface area (Å²) in [7, 11) is 0. The molecule has 0 aromatic rings. The van der Waals surface area contributed by atoms with Gasteiger partial charge in [-0.25, -0.2) is 0 Å². The third kappa shape index (κ3) is 4.11. The van der Waals surface area contributed by atoms with E-state index < -0.39 is 25.9 Å². The summed E-state index contributed by atoms with van der Waals surface area (Å²) < 4.78 is -4.32. The predicted octanol–water partition coefficient (Wildman–Crippen LogP) is 6.72. The number of hydrogen-bond donors (Lipinski definition) is 0. The maximum absolute atomic E-state index is 6.03. The zero-order valence-electron chi connectivity index (χ0n) is 7.04. The molecular formula is C2Cl12Si3. The quantitative estimate of drug-likeness (QED) is 0.214. The summed E-state index contributed by atoms with van der Waals surface area (Å²) in [6.07, 6.45) is 0. The molecule has 0 spiro atoms. The molecule has 0 aromatic heterocycles. The first kappa shape index (κ1) is 21.1. The highest BCUT2D eigenvalue weighted by atomic mass is 35.8. The lowest BCUT2D eigenvalue weighted by molar-refractivity contribution is 1.47. The van der Waals surface area contributed by atoms with E-state index >= 15 is 0 Å². The van der Waals surface area contributed by atoms with Crippen LogP contribution in [0.3, 0.4) is 0 Å². The van der Waals surface area contributed by atoms with Crippen molar-refractivity contribution in [3.63, 3.8) is 0 Å². The zero-order chi connectivity index (χ0) is 14.5. The van der Waals surface area contributed by atoms with Gasteiger partial charge >= 0.3 is 18.7 Å². The summed E-state index contributed by atoms with van der Waals surface area (Å²) in [4.78, 5) is 0. The van der Waals surface area contributed by atoms with E-state index in [0.717, 1.165) is 0 Å². The maximum Gasteiger partial charge on any atom is 0.376 e. The summed E-state index contributed by atoms with van der Waals surface area (Å²) in [5.74, 6) is 0. The summed E-state index contributed by atoms with van der Waals surface area (Å²) >= 11 is 69.9. The van der Waals surface area contributed by atoms with Crippen molar-refractivity contribution < 1.29 is 0 Å². The van der Waals surface area contributed by atoms with Crippen molar-refractivity contribution in [1.29, 1.82) is 0 Å². The molecule has 0 N–H and O–H groups in total. The van der Waals surface area contributed by atoms with Crippen molar-refractivity contribution in [3.05, 3.63) is 0 Å². The maximum atomic E-state index is 6.03. The van der Waals surface area contributed by atoms with Crippen LogP contribution in [0.2, 0.25) is 0 Å². The summed E-state index contributed by atoms with van der Waals surface area (Å²) in [6.45, 7) is -4.09. The third-order valence-corrected chi connectivity index (χ3v) is 34.9. The minimum Gasteiger partial charge on any atom is -0.140 e. The molecule has 0 saturated heterocycles. The fourth-order valence-corrected chi connectivity index (χ4v) is 26.5. The molecule has 0 unspecified atom stereocenters. The molecule has 0 aliphatic carbocycles. The molecule has 0 rings (SSSR count). The molecule has 0 nitrogen and oxygen atoms in total. The monoisotopic (exact) mass is 528 g/mol. The van der Waals surface area contributed by atoms with Crippen LogP contribution in [0.4, 0.5) is 0 Å². The molecule has 0 amide bonds. The summed E-state index contributed by atoms with van der Waals surface area (Å²) in [5.41, 5.74) is 0. The standard InChI is InChI=1S/C2Cl12Si3/c3-1(4,16(9,10)11)15(7,8)2(5,6)17(12,13)14. The predicted molar refractivity (Wildman–Crippen MR) is 93.0 cm³/mol. The van der Waals surface area contributed by atoms with Crippen molar-refractivity contribution >= 4 is 154 Å². The molecule has 0 heterocycles. The minimum atomic E-state index is -4.09. The van der Waals surface area contributed by atoms with Gasteiger partial charge < -0.3 is 0 Å². The molecule has 0 aliphatic rings. The topological polar surface area (TPSA) is 0 Å². The van der Waals surface area contributed by atoms with Crippen molar-refractivity contribution in [2.75, 3.05) is 0 Å². The van der Waals surface area contributed by atoms with Crippen LogP contribution in [0.5, 0.6) is 0 Å². The van der Waals surface area contributed by atoms with Crippen molar-refractivity contribution in [1.82, 2.24) is 0 Å². The number of rotatable bonds is 4. The fourth-order valence-electron chi connectivity index (χ4n) is 0.553. The number of alkyl halides is 4. The SMILES string of the molecule is ClC(Cl)([Si](Cl)(Cl)Cl)[Si](Cl)(Cl)C(Cl)(Cl)[Si](Cl)(Cl)Cl. The van der Waals surface area contributed by atoms with Gasteiger partial charge in [0.1, 0.15) is 0 Å². The van der Waals surface area contributed by atoms with Crippen LogP contribution >= 0.6 is 135 Å². The lowest BCUT2D eigenvalue weighted by Crippen LogP contribution is -2.68. The smallest absolute Gasteiger partial charge is 0.140 e. The minimum absolute atomic E-state index is 2.16. The zero-order valence-corrected chi connectivity index (χ0v) is 19.1. The van der Waals surface area contributed by atoms with Crippen LogP contribution in [0.25, 0.3) is 0 Å². The molecular weight excluding hydrogens is 534 g/mol. The van der Waals surface area contributed by atoms with Crippen LogP contribution in [0, 0.1) is 0 Å². The average Bonchev–Trinajstić information content (AvgIpc) is 1.98. The van der Waals surface area contributed by atoms with E-state index in [0.29, 0.717) is 0 Å². The lowest BCUT2D eigenvalue weighted by Gasteiger charge is -2.42. The van der Waals surface area contributed by atoms with Crippen LogP contribution < -0.4 is 0 Å². The van der Waals surface area contributed by atoms with E-state index in [4.69, 9.17) is 135 Å². The molecule has 0 fully saturated rings. The Kier molecular flexibility index (Phi) is 7.86. The van der Waals surface area contributed by atoms with Gasteiger partial charge in [-0.2, -0.15) is 0 Å². The Balaban J connectivity index is 5.73. The van der Waals surface area contributed by atoms with Gasteiger partial charge in [0.15, 0.2) is 7.16 Å². The Morgan fingerprint density at radius 3 is 0.765 bits per heavy atom. The van der Waals surface area contributed by atoms with Gasteiger partial charge in [-0.3, -0.25) is 0 Å². The van der Waals surface area contributed by atoms with E-state index in [9.17, 15) is 0 Å². The normalized spacial score (nSPS) is 16.2. The van der Waals surface area contributed by atoms with Crippen molar-refractivity contribution in [2.45, 2.75) is 7.16 Å². The third-order valence-electron chi connectivity index (χ3n) is 1.50. The molecule has 0 bridgehead atoms. The molecule has 15 heteroatoms. The van der Waals surface area contributed by atoms with Crippen molar-refractivity contribution in [3.8, 4) is 0 Å². The van der Waals surface area contributed by atoms with Gasteiger partial charge in [-0.1, -0.05) is 0 Å². The Morgan fingerprint density at radius 2 is 0.647 bits per heavy atom. The highest BCUT2D eigenvalue weighted by molar-refractivity contribution is 7.80. The highest BCUT2D eigenvalue weighted by Gasteiger charge is 2.77. The number of hydrogen-bond acceptors (Lipinski definition) is 0. The van der Waals surface area contributed by atoms with Gasteiger partial charge in [0, 0.05) is 0 Å². The second kappa shape index (κ2) is 6.32. The van der Waals surface area contributed by atoms with E-state index in [-0.39, 0.29) is 0 Å².